The smallest absolute Gasteiger partial charge is 0.305 e. The SMILES string of the molecule is CCCCC(=O)OCCn1c(C)nc2ccccc2c1=O. The average molecular weight is 288 g/mol. The number of aryl methyl sites for hydroxylation is 1. The zero-order valence-corrected chi connectivity index (χ0v) is 12.5. The van der Waals surface area contributed by atoms with Crippen molar-refractivity contribution in [2.45, 2.75) is 39.7 Å². The van der Waals surface area contributed by atoms with Gasteiger partial charge < -0.3 is 4.74 Å². The first kappa shape index (κ1) is 15.2. The highest BCUT2D eigenvalue weighted by molar-refractivity contribution is 5.77. The Balaban J connectivity index is 2.09. The van der Waals surface area contributed by atoms with Gasteiger partial charge in [0.1, 0.15) is 12.4 Å². The van der Waals surface area contributed by atoms with E-state index in [4.69, 9.17) is 4.74 Å². The van der Waals surface area contributed by atoms with Crippen molar-refractivity contribution in [1.29, 1.82) is 0 Å². The van der Waals surface area contributed by atoms with E-state index in [1.807, 2.05) is 25.1 Å². The molecule has 0 N–H and O–H groups in total. The average Bonchev–Trinajstić information content (AvgIpc) is 2.48. The van der Waals surface area contributed by atoms with Gasteiger partial charge in [0.05, 0.1) is 17.4 Å². The Morgan fingerprint density at radius 1 is 1.33 bits per heavy atom. The summed E-state index contributed by atoms with van der Waals surface area (Å²) in [6.07, 6.45) is 2.22. The minimum Gasteiger partial charge on any atom is -0.464 e. The lowest BCUT2D eigenvalue weighted by molar-refractivity contribution is -0.144. The summed E-state index contributed by atoms with van der Waals surface area (Å²) in [5.41, 5.74) is 0.596. The predicted octanol–water partition coefficient (Wildman–Crippen LogP) is 2.44. The van der Waals surface area contributed by atoms with Crippen molar-refractivity contribution in [3.05, 3.63) is 40.4 Å². The number of benzene rings is 1. The number of aromatic nitrogens is 2. The summed E-state index contributed by atoms with van der Waals surface area (Å²) in [7, 11) is 0. The van der Waals surface area contributed by atoms with Gasteiger partial charge in [0.25, 0.3) is 5.56 Å². The maximum absolute atomic E-state index is 12.4. The van der Waals surface area contributed by atoms with Crippen LogP contribution in [-0.4, -0.2) is 22.1 Å². The van der Waals surface area contributed by atoms with Crippen LogP contribution >= 0.6 is 0 Å². The largest absolute Gasteiger partial charge is 0.464 e. The van der Waals surface area contributed by atoms with Crippen molar-refractivity contribution in [3.8, 4) is 0 Å². The second kappa shape index (κ2) is 7.02. The fraction of sp³-hybridized carbons (Fsp3) is 0.438. The third-order valence-corrected chi connectivity index (χ3v) is 3.36. The normalized spacial score (nSPS) is 10.8. The Bertz CT molecular complexity index is 691. The second-order valence-electron chi connectivity index (χ2n) is 4.96. The van der Waals surface area contributed by atoms with Gasteiger partial charge in [0.2, 0.25) is 0 Å². The van der Waals surface area contributed by atoms with Crippen molar-refractivity contribution in [2.24, 2.45) is 0 Å². The van der Waals surface area contributed by atoms with Gasteiger partial charge in [-0.15, -0.1) is 0 Å². The predicted molar refractivity (Wildman–Crippen MR) is 81.2 cm³/mol. The molecule has 5 nitrogen and oxygen atoms in total. The van der Waals surface area contributed by atoms with E-state index in [9.17, 15) is 9.59 Å². The zero-order chi connectivity index (χ0) is 15.2. The minimum atomic E-state index is -0.212. The summed E-state index contributed by atoms with van der Waals surface area (Å²) in [6.45, 7) is 4.34. The number of esters is 1. The standard InChI is InChI=1S/C16H20N2O3/c1-3-4-9-15(19)21-11-10-18-12(2)17-14-8-6-5-7-13(14)16(18)20/h5-8H,3-4,9-11H2,1-2H3. The summed E-state index contributed by atoms with van der Waals surface area (Å²) < 4.78 is 6.69. The molecule has 0 saturated heterocycles. The molecule has 0 aliphatic carbocycles. The lowest BCUT2D eigenvalue weighted by atomic mass is 10.2. The van der Waals surface area contributed by atoms with E-state index in [1.165, 1.54) is 0 Å². The summed E-state index contributed by atoms with van der Waals surface area (Å²) in [5, 5.41) is 0.584. The van der Waals surface area contributed by atoms with Crippen LogP contribution in [0.2, 0.25) is 0 Å². The van der Waals surface area contributed by atoms with Crippen LogP contribution in [0, 0.1) is 6.92 Å². The Kier molecular flexibility index (Phi) is 5.09. The molecular formula is C16H20N2O3. The molecule has 2 rings (SSSR count). The quantitative estimate of drug-likeness (QED) is 0.766. The van der Waals surface area contributed by atoms with E-state index in [1.54, 1.807) is 17.6 Å². The van der Waals surface area contributed by atoms with Crippen molar-refractivity contribution >= 4 is 16.9 Å². The molecule has 0 aliphatic rings. The molecule has 2 aromatic rings. The highest BCUT2D eigenvalue weighted by Crippen LogP contribution is 2.07. The lowest BCUT2D eigenvalue weighted by Gasteiger charge is -2.11. The molecule has 0 saturated carbocycles. The van der Waals surface area contributed by atoms with Gasteiger partial charge in [0.15, 0.2) is 0 Å². The zero-order valence-electron chi connectivity index (χ0n) is 12.5. The molecule has 0 unspecified atom stereocenters. The summed E-state index contributed by atoms with van der Waals surface area (Å²) in [6, 6.07) is 7.25. The van der Waals surface area contributed by atoms with Crippen LogP contribution in [0.3, 0.4) is 0 Å². The molecular weight excluding hydrogens is 268 g/mol. The number of carbonyl (C=O) groups excluding carboxylic acids is 1. The van der Waals surface area contributed by atoms with Crippen LogP contribution in [-0.2, 0) is 16.1 Å². The Morgan fingerprint density at radius 2 is 2.10 bits per heavy atom. The molecule has 5 heteroatoms. The number of hydrogen-bond donors (Lipinski definition) is 0. The van der Waals surface area contributed by atoms with Gasteiger partial charge >= 0.3 is 5.97 Å². The van der Waals surface area contributed by atoms with Gasteiger partial charge in [-0.1, -0.05) is 25.5 Å². The molecule has 0 spiro atoms. The number of unbranched alkanes of at least 4 members (excludes halogenated alkanes) is 1. The van der Waals surface area contributed by atoms with Crippen LogP contribution < -0.4 is 5.56 Å². The van der Waals surface area contributed by atoms with Crippen LogP contribution in [0.5, 0.6) is 0 Å². The molecule has 1 heterocycles. The molecule has 21 heavy (non-hydrogen) atoms. The fourth-order valence-electron chi connectivity index (χ4n) is 2.19. The highest BCUT2D eigenvalue weighted by atomic mass is 16.5. The first-order chi connectivity index (χ1) is 10.1. The molecule has 0 radical (unpaired) electrons. The van der Waals surface area contributed by atoms with Crippen molar-refractivity contribution in [3.63, 3.8) is 0 Å². The number of ether oxygens (including phenoxy) is 1. The number of hydrogen-bond acceptors (Lipinski definition) is 4. The first-order valence-corrected chi connectivity index (χ1v) is 7.25. The molecule has 0 atom stereocenters. The highest BCUT2D eigenvalue weighted by Gasteiger charge is 2.08. The number of nitrogens with zero attached hydrogens (tertiary/aromatic N) is 2. The van der Waals surface area contributed by atoms with Crippen LogP contribution in [0.15, 0.2) is 29.1 Å². The molecule has 0 bridgehead atoms. The maximum atomic E-state index is 12.4. The summed E-state index contributed by atoms with van der Waals surface area (Å²) in [4.78, 5) is 28.2. The fourth-order valence-corrected chi connectivity index (χ4v) is 2.19. The molecule has 1 aromatic carbocycles. The van der Waals surface area contributed by atoms with Crippen LogP contribution in [0.4, 0.5) is 0 Å². The number of fused-ring (bicyclic) bond motifs is 1. The molecule has 1 aromatic heterocycles. The Labute approximate surface area is 123 Å². The van der Waals surface area contributed by atoms with Crippen molar-refractivity contribution in [2.75, 3.05) is 6.61 Å². The van der Waals surface area contributed by atoms with Crippen molar-refractivity contribution < 1.29 is 9.53 Å². The lowest BCUT2D eigenvalue weighted by Crippen LogP contribution is -2.26. The Morgan fingerprint density at radius 3 is 2.86 bits per heavy atom. The molecule has 112 valence electrons. The van der Waals surface area contributed by atoms with Gasteiger partial charge in [-0.05, 0) is 25.5 Å². The van der Waals surface area contributed by atoms with E-state index in [0.29, 0.717) is 29.7 Å². The van der Waals surface area contributed by atoms with Gasteiger partial charge in [-0.25, -0.2) is 4.98 Å². The number of para-hydroxylation sites is 1. The van der Waals surface area contributed by atoms with E-state index in [2.05, 4.69) is 4.98 Å². The maximum Gasteiger partial charge on any atom is 0.305 e. The van der Waals surface area contributed by atoms with Gasteiger partial charge in [-0.3, -0.25) is 14.2 Å². The number of rotatable bonds is 6. The third kappa shape index (κ3) is 3.68. The molecule has 0 aliphatic heterocycles. The second-order valence-corrected chi connectivity index (χ2v) is 4.96. The van der Waals surface area contributed by atoms with Crippen molar-refractivity contribution in [1.82, 2.24) is 9.55 Å². The summed E-state index contributed by atoms with van der Waals surface area (Å²) >= 11 is 0. The molecule has 0 fully saturated rings. The Hall–Kier alpha value is -2.17. The third-order valence-electron chi connectivity index (χ3n) is 3.36. The van der Waals surface area contributed by atoms with Gasteiger partial charge in [-0.2, -0.15) is 0 Å². The van der Waals surface area contributed by atoms with E-state index in [0.717, 1.165) is 12.8 Å². The van der Waals surface area contributed by atoms with E-state index >= 15 is 0 Å². The first-order valence-electron chi connectivity index (χ1n) is 7.25. The monoisotopic (exact) mass is 288 g/mol. The molecule has 0 amide bonds. The summed E-state index contributed by atoms with van der Waals surface area (Å²) in [5.74, 6) is 0.416. The van der Waals surface area contributed by atoms with E-state index < -0.39 is 0 Å². The van der Waals surface area contributed by atoms with E-state index in [-0.39, 0.29) is 18.1 Å². The van der Waals surface area contributed by atoms with Crippen LogP contribution in [0.25, 0.3) is 10.9 Å². The minimum absolute atomic E-state index is 0.0947. The van der Waals surface area contributed by atoms with Crippen LogP contribution in [0.1, 0.15) is 32.0 Å². The topological polar surface area (TPSA) is 61.2 Å². The van der Waals surface area contributed by atoms with Gasteiger partial charge in [0, 0.05) is 6.42 Å². The number of carbonyl (C=O) groups is 1.